The number of piperidine rings is 1. The number of esters is 1. The van der Waals surface area contributed by atoms with Gasteiger partial charge in [-0.3, -0.25) is 4.79 Å². The number of nitrogens with zero attached hydrogens (tertiary/aromatic N) is 3. The number of fused-ring (bicyclic) bond motifs is 1. The fourth-order valence-electron chi connectivity index (χ4n) is 2.88. The fraction of sp³-hybridized carbons (Fsp3) is 0.438. The maximum Gasteiger partial charge on any atom is 0.309 e. The summed E-state index contributed by atoms with van der Waals surface area (Å²) in [6, 6.07) is 4.88. The topological polar surface area (TPSA) is 55.3 Å². The predicted molar refractivity (Wildman–Crippen MR) is 81.1 cm³/mol. The van der Waals surface area contributed by atoms with Crippen LogP contribution in [0.4, 0.5) is 10.2 Å². The highest BCUT2D eigenvalue weighted by Gasteiger charge is 2.27. The molecule has 5 nitrogen and oxygen atoms in total. The van der Waals surface area contributed by atoms with Crippen LogP contribution < -0.4 is 4.90 Å². The van der Waals surface area contributed by atoms with Gasteiger partial charge in [-0.25, -0.2) is 14.4 Å². The van der Waals surface area contributed by atoms with E-state index in [0.29, 0.717) is 30.6 Å². The Kier molecular flexibility index (Phi) is 4.18. The van der Waals surface area contributed by atoms with Crippen LogP contribution in [0.15, 0.2) is 24.5 Å². The van der Waals surface area contributed by atoms with Crippen molar-refractivity contribution in [3.8, 4) is 0 Å². The van der Waals surface area contributed by atoms with Gasteiger partial charge in [0.15, 0.2) is 0 Å². The molecule has 3 rings (SSSR count). The number of benzene rings is 1. The third-order valence-corrected chi connectivity index (χ3v) is 4.01. The highest BCUT2D eigenvalue weighted by molar-refractivity contribution is 5.89. The molecule has 0 amide bonds. The lowest BCUT2D eigenvalue weighted by atomic mass is 9.97. The van der Waals surface area contributed by atoms with Gasteiger partial charge in [-0.05, 0) is 31.9 Å². The smallest absolute Gasteiger partial charge is 0.309 e. The Labute approximate surface area is 128 Å². The molecule has 1 aromatic heterocycles. The van der Waals surface area contributed by atoms with Crippen LogP contribution in [0.1, 0.15) is 19.8 Å². The highest BCUT2D eigenvalue weighted by atomic mass is 19.1. The van der Waals surface area contributed by atoms with E-state index in [0.717, 1.165) is 18.7 Å². The molecule has 0 bridgehead atoms. The molecule has 0 spiro atoms. The van der Waals surface area contributed by atoms with Crippen molar-refractivity contribution in [2.24, 2.45) is 5.92 Å². The maximum absolute atomic E-state index is 13.8. The lowest BCUT2D eigenvalue weighted by Gasteiger charge is -2.32. The number of hydrogen-bond donors (Lipinski definition) is 0. The number of aromatic nitrogens is 2. The van der Waals surface area contributed by atoms with Gasteiger partial charge in [-0.15, -0.1) is 0 Å². The van der Waals surface area contributed by atoms with Gasteiger partial charge in [0.1, 0.15) is 23.5 Å². The van der Waals surface area contributed by atoms with E-state index in [1.807, 2.05) is 13.0 Å². The molecule has 0 atom stereocenters. The molecule has 1 fully saturated rings. The molecular weight excluding hydrogens is 285 g/mol. The Morgan fingerprint density at radius 2 is 2.14 bits per heavy atom. The number of carbonyl (C=O) groups is 1. The average molecular weight is 303 g/mol. The molecule has 0 unspecified atom stereocenters. The summed E-state index contributed by atoms with van der Waals surface area (Å²) in [5.41, 5.74) is 0.333. The van der Waals surface area contributed by atoms with E-state index >= 15 is 0 Å². The quantitative estimate of drug-likeness (QED) is 0.816. The fourth-order valence-corrected chi connectivity index (χ4v) is 2.88. The van der Waals surface area contributed by atoms with Crippen LogP contribution in [0.5, 0.6) is 0 Å². The highest BCUT2D eigenvalue weighted by Crippen LogP contribution is 2.28. The van der Waals surface area contributed by atoms with Gasteiger partial charge in [-0.1, -0.05) is 6.07 Å². The first kappa shape index (κ1) is 14.7. The zero-order valence-corrected chi connectivity index (χ0v) is 12.5. The predicted octanol–water partition coefficient (Wildman–Crippen LogP) is 2.55. The van der Waals surface area contributed by atoms with Crippen LogP contribution in [-0.2, 0) is 9.53 Å². The third-order valence-electron chi connectivity index (χ3n) is 4.01. The Bertz CT molecular complexity index is 684. The molecule has 1 aliphatic heterocycles. The van der Waals surface area contributed by atoms with Gasteiger partial charge in [0, 0.05) is 18.5 Å². The molecule has 2 aromatic rings. The standard InChI is InChI=1S/C16H18FN3O2/c1-2-22-16(21)11-6-8-20(9-7-11)15-12-4-3-5-13(17)14(12)18-10-19-15/h3-5,10-11H,2,6-9H2,1H3. The number of ether oxygens (including phenoxy) is 1. The summed E-state index contributed by atoms with van der Waals surface area (Å²) in [7, 11) is 0. The van der Waals surface area contributed by atoms with Crippen molar-refractivity contribution < 1.29 is 13.9 Å². The second kappa shape index (κ2) is 6.25. The van der Waals surface area contributed by atoms with Crippen LogP contribution in [0, 0.1) is 11.7 Å². The molecule has 1 aromatic carbocycles. The first-order valence-electron chi connectivity index (χ1n) is 7.51. The van der Waals surface area contributed by atoms with Gasteiger partial charge in [0.2, 0.25) is 0 Å². The Hall–Kier alpha value is -2.24. The summed E-state index contributed by atoms with van der Waals surface area (Å²) >= 11 is 0. The Morgan fingerprint density at radius 3 is 2.86 bits per heavy atom. The third kappa shape index (κ3) is 2.73. The summed E-state index contributed by atoms with van der Waals surface area (Å²) in [5.74, 6) is 0.205. The van der Waals surface area contributed by atoms with E-state index < -0.39 is 0 Å². The first-order chi connectivity index (χ1) is 10.7. The molecule has 116 valence electrons. The number of anilines is 1. The molecule has 22 heavy (non-hydrogen) atoms. The number of rotatable bonds is 3. The van der Waals surface area contributed by atoms with Crippen LogP contribution in [0.2, 0.25) is 0 Å². The average Bonchev–Trinajstić information content (AvgIpc) is 2.55. The summed E-state index contributed by atoms with van der Waals surface area (Å²) in [6.45, 7) is 3.63. The lowest BCUT2D eigenvalue weighted by molar-refractivity contribution is -0.148. The monoisotopic (exact) mass is 303 g/mol. The maximum atomic E-state index is 13.8. The second-order valence-electron chi connectivity index (χ2n) is 5.35. The van der Waals surface area contributed by atoms with E-state index in [9.17, 15) is 9.18 Å². The summed E-state index contributed by atoms with van der Waals surface area (Å²) < 4.78 is 18.9. The van der Waals surface area contributed by atoms with Gasteiger partial charge in [0.25, 0.3) is 0 Å². The number of carbonyl (C=O) groups excluding carboxylic acids is 1. The minimum absolute atomic E-state index is 0.0546. The van der Waals surface area contributed by atoms with Gasteiger partial charge in [-0.2, -0.15) is 0 Å². The largest absolute Gasteiger partial charge is 0.466 e. The van der Waals surface area contributed by atoms with Crippen molar-refractivity contribution in [2.75, 3.05) is 24.6 Å². The van der Waals surface area contributed by atoms with E-state index in [1.165, 1.54) is 12.4 Å². The van der Waals surface area contributed by atoms with Gasteiger partial charge < -0.3 is 9.64 Å². The van der Waals surface area contributed by atoms with Crippen molar-refractivity contribution in [3.63, 3.8) is 0 Å². The van der Waals surface area contributed by atoms with Crippen molar-refractivity contribution >= 4 is 22.7 Å². The van der Waals surface area contributed by atoms with Gasteiger partial charge in [0.05, 0.1) is 12.5 Å². The molecule has 1 saturated heterocycles. The van der Waals surface area contributed by atoms with Crippen LogP contribution in [0.25, 0.3) is 10.9 Å². The molecule has 6 heteroatoms. The second-order valence-corrected chi connectivity index (χ2v) is 5.35. The number of hydrogen-bond acceptors (Lipinski definition) is 5. The van der Waals surface area contributed by atoms with E-state index in [1.54, 1.807) is 6.07 Å². The minimum atomic E-state index is -0.345. The van der Waals surface area contributed by atoms with Crippen LogP contribution in [0.3, 0.4) is 0 Å². The molecule has 0 N–H and O–H groups in total. The number of para-hydroxylation sites is 1. The molecule has 1 aliphatic rings. The summed E-state index contributed by atoms with van der Waals surface area (Å²) in [4.78, 5) is 22.2. The Balaban J connectivity index is 1.80. The minimum Gasteiger partial charge on any atom is -0.466 e. The zero-order chi connectivity index (χ0) is 15.5. The van der Waals surface area contributed by atoms with Crippen LogP contribution >= 0.6 is 0 Å². The van der Waals surface area contributed by atoms with Crippen molar-refractivity contribution in [3.05, 3.63) is 30.3 Å². The van der Waals surface area contributed by atoms with Crippen molar-refractivity contribution in [1.82, 2.24) is 9.97 Å². The zero-order valence-electron chi connectivity index (χ0n) is 12.5. The molecule has 0 radical (unpaired) electrons. The van der Waals surface area contributed by atoms with E-state index in [-0.39, 0.29) is 17.7 Å². The van der Waals surface area contributed by atoms with E-state index in [2.05, 4.69) is 14.9 Å². The van der Waals surface area contributed by atoms with Crippen molar-refractivity contribution in [1.29, 1.82) is 0 Å². The normalized spacial score (nSPS) is 16.0. The summed E-state index contributed by atoms with van der Waals surface area (Å²) in [6.07, 6.45) is 2.83. The van der Waals surface area contributed by atoms with Crippen molar-refractivity contribution in [2.45, 2.75) is 19.8 Å². The van der Waals surface area contributed by atoms with Gasteiger partial charge >= 0.3 is 5.97 Å². The first-order valence-corrected chi connectivity index (χ1v) is 7.51. The van der Waals surface area contributed by atoms with E-state index in [4.69, 9.17) is 4.74 Å². The lowest BCUT2D eigenvalue weighted by Crippen LogP contribution is -2.37. The summed E-state index contributed by atoms with van der Waals surface area (Å²) in [5, 5.41) is 0.706. The molecular formula is C16H18FN3O2. The molecule has 0 saturated carbocycles. The number of halogens is 1. The SMILES string of the molecule is CCOC(=O)C1CCN(c2ncnc3c(F)cccc23)CC1. The Morgan fingerprint density at radius 1 is 1.36 bits per heavy atom. The molecule has 2 heterocycles. The molecule has 0 aliphatic carbocycles. The van der Waals surface area contributed by atoms with Crippen LogP contribution in [-0.4, -0.2) is 35.6 Å².